The fraction of sp³-hybridized carbons (Fsp3) is 0. The molecule has 202 valence electrons. The molecule has 0 saturated carbocycles. The summed E-state index contributed by atoms with van der Waals surface area (Å²) in [5, 5.41) is 9.33. The summed E-state index contributed by atoms with van der Waals surface area (Å²) >= 11 is 1.74. The Balaban J connectivity index is 1.21. The first-order valence-corrected chi connectivity index (χ1v) is 15.3. The van der Waals surface area contributed by atoms with Crippen LogP contribution in [0.15, 0.2) is 144 Å². The van der Waals surface area contributed by atoms with Crippen molar-refractivity contribution in [2.24, 2.45) is 0 Å². The van der Waals surface area contributed by atoms with E-state index in [1.165, 1.54) is 21.7 Å². The molecule has 43 heavy (non-hydrogen) atoms. The van der Waals surface area contributed by atoms with Crippen LogP contribution in [-0.4, -0.2) is 19.1 Å². The third kappa shape index (κ3) is 3.75. The molecule has 0 saturated heterocycles. The second kappa shape index (κ2) is 9.51. The maximum atomic E-state index is 5.09. The number of thiophene rings is 1. The van der Waals surface area contributed by atoms with Crippen molar-refractivity contribution >= 4 is 55.1 Å². The second-order valence-electron chi connectivity index (χ2n) is 10.8. The van der Waals surface area contributed by atoms with Crippen molar-refractivity contribution in [1.29, 1.82) is 0 Å². The maximum Gasteiger partial charge on any atom is 0.146 e. The third-order valence-electron chi connectivity index (χ3n) is 8.28. The summed E-state index contributed by atoms with van der Waals surface area (Å²) in [5.74, 6) is 0.929. The van der Waals surface area contributed by atoms with Gasteiger partial charge in [0.15, 0.2) is 0 Å². The molecule has 0 aliphatic rings. The van der Waals surface area contributed by atoms with Gasteiger partial charge in [-0.15, -0.1) is 11.3 Å². The van der Waals surface area contributed by atoms with E-state index in [2.05, 4.69) is 135 Å². The molecule has 0 fully saturated rings. The largest absolute Gasteiger partial charge is 0.293 e. The SMILES string of the molecule is c1ccc(-n2c(-c3cccc(-c4cccc(-n5c6cscc6c6c7ccccc7cnc65)c4)c3)nc3ccccc32)cc1. The van der Waals surface area contributed by atoms with Crippen LogP contribution in [0.5, 0.6) is 0 Å². The van der Waals surface area contributed by atoms with Crippen molar-refractivity contribution < 1.29 is 0 Å². The minimum atomic E-state index is 0.929. The van der Waals surface area contributed by atoms with Crippen molar-refractivity contribution in [2.75, 3.05) is 0 Å². The van der Waals surface area contributed by atoms with E-state index in [1.807, 2.05) is 18.3 Å². The molecular formula is C38H24N4S. The van der Waals surface area contributed by atoms with E-state index >= 15 is 0 Å². The molecule has 4 aromatic heterocycles. The summed E-state index contributed by atoms with van der Waals surface area (Å²) in [6.07, 6.45) is 1.99. The first-order chi connectivity index (χ1) is 21.3. The zero-order valence-corrected chi connectivity index (χ0v) is 23.9. The minimum Gasteiger partial charge on any atom is -0.293 e. The molecule has 4 nitrogen and oxygen atoms in total. The van der Waals surface area contributed by atoms with Crippen molar-refractivity contribution in [3.8, 4) is 33.9 Å². The van der Waals surface area contributed by atoms with Gasteiger partial charge in [0.25, 0.3) is 0 Å². The van der Waals surface area contributed by atoms with Crippen LogP contribution in [0, 0.1) is 0 Å². The number of hydrogen-bond acceptors (Lipinski definition) is 3. The predicted molar refractivity (Wildman–Crippen MR) is 179 cm³/mol. The highest BCUT2D eigenvalue weighted by Crippen LogP contribution is 2.38. The Labute approximate surface area is 251 Å². The van der Waals surface area contributed by atoms with Crippen LogP contribution in [0.4, 0.5) is 0 Å². The van der Waals surface area contributed by atoms with Crippen LogP contribution >= 0.6 is 11.3 Å². The molecule has 0 atom stereocenters. The lowest BCUT2D eigenvalue weighted by atomic mass is 10.0. The van der Waals surface area contributed by atoms with Gasteiger partial charge in [-0.2, -0.15) is 0 Å². The van der Waals surface area contributed by atoms with Crippen molar-refractivity contribution in [3.63, 3.8) is 0 Å². The molecule has 0 radical (unpaired) electrons. The lowest BCUT2D eigenvalue weighted by Gasteiger charge is -2.12. The zero-order valence-electron chi connectivity index (χ0n) is 23.1. The van der Waals surface area contributed by atoms with Gasteiger partial charge in [-0.25, -0.2) is 9.97 Å². The van der Waals surface area contributed by atoms with Gasteiger partial charge >= 0.3 is 0 Å². The highest BCUT2D eigenvalue weighted by atomic mass is 32.1. The zero-order chi connectivity index (χ0) is 28.3. The number of aromatic nitrogens is 4. The molecule has 0 N–H and O–H groups in total. The Bertz CT molecular complexity index is 2460. The fourth-order valence-electron chi connectivity index (χ4n) is 6.33. The van der Waals surface area contributed by atoms with Gasteiger partial charge < -0.3 is 0 Å². The average Bonchev–Trinajstić information content (AvgIpc) is 3.78. The fourth-order valence-corrected chi connectivity index (χ4v) is 7.14. The summed E-state index contributed by atoms with van der Waals surface area (Å²) in [6, 6.07) is 44.8. The lowest BCUT2D eigenvalue weighted by molar-refractivity contribution is 1.10. The van der Waals surface area contributed by atoms with Gasteiger partial charge in [0.2, 0.25) is 0 Å². The molecule has 0 aliphatic carbocycles. The molecule has 0 aliphatic heterocycles. The Morgan fingerprint density at radius 2 is 1.28 bits per heavy atom. The van der Waals surface area contributed by atoms with Gasteiger partial charge in [-0.1, -0.05) is 84.9 Å². The maximum absolute atomic E-state index is 5.09. The standard InChI is InChI=1S/C38H24N4S/c1-2-14-29(15-3-1)41-34-19-7-6-18-33(34)40-37(41)27-13-8-11-25(20-27)26-12-9-16-30(21-26)42-35-24-43-23-32(35)36-31-17-5-4-10-28(31)22-39-38(36)42/h1-24H. The summed E-state index contributed by atoms with van der Waals surface area (Å²) < 4.78 is 4.55. The van der Waals surface area contributed by atoms with E-state index in [-0.39, 0.29) is 0 Å². The first-order valence-electron chi connectivity index (χ1n) is 14.3. The molecule has 4 heterocycles. The van der Waals surface area contributed by atoms with Crippen LogP contribution in [0.3, 0.4) is 0 Å². The van der Waals surface area contributed by atoms with Crippen LogP contribution in [0.25, 0.3) is 77.6 Å². The number of benzene rings is 5. The average molecular weight is 569 g/mol. The Morgan fingerprint density at radius 1 is 0.535 bits per heavy atom. The van der Waals surface area contributed by atoms with Crippen molar-refractivity contribution in [1.82, 2.24) is 19.1 Å². The predicted octanol–water partition coefficient (Wildman–Crippen LogP) is 10.1. The molecule has 9 aromatic rings. The highest BCUT2D eigenvalue weighted by molar-refractivity contribution is 7.09. The summed E-state index contributed by atoms with van der Waals surface area (Å²) in [5.41, 5.74) is 9.80. The van der Waals surface area contributed by atoms with E-state index < -0.39 is 0 Å². The van der Waals surface area contributed by atoms with Gasteiger partial charge in [-0.05, 0) is 59.0 Å². The van der Waals surface area contributed by atoms with E-state index in [0.717, 1.165) is 56.0 Å². The smallest absolute Gasteiger partial charge is 0.146 e. The topological polar surface area (TPSA) is 35.6 Å². The molecule has 0 bridgehead atoms. The summed E-state index contributed by atoms with van der Waals surface area (Å²) in [6.45, 7) is 0. The molecule has 5 aromatic carbocycles. The lowest BCUT2D eigenvalue weighted by Crippen LogP contribution is -1.97. The normalized spacial score (nSPS) is 11.7. The van der Waals surface area contributed by atoms with E-state index in [9.17, 15) is 0 Å². The van der Waals surface area contributed by atoms with E-state index in [4.69, 9.17) is 9.97 Å². The van der Waals surface area contributed by atoms with Crippen molar-refractivity contribution in [3.05, 3.63) is 144 Å². The molecule has 0 amide bonds. The number of pyridine rings is 1. The van der Waals surface area contributed by atoms with Gasteiger partial charge in [0.05, 0.1) is 16.6 Å². The summed E-state index contributed by atoms with van der Waals surface area (Å²) in [4.78, 5) is 10.1. The van der Waals surface area contributed by atoms with Crippen LogP contribution in [0.2, 0.25) is 0 Å². The number of rotatable bonds is 4. The molecular weight excluding hydrogens is 545 g/mol. The highest BCUT2D eigenvalue weighted by Gasteiger charge is 2.18. The second-order valence-corrected chi connectivity index (χ2v) is 11.5. The van der Waals surface area contributed by atoms with Crippen molar-refractivity contribution in [2.45, 2.75) is 0 Å². The van der Waals surface area contributed by atoms with E-state index in [1.54, 1.807) is 11.3 Å². The Morgan fingerprint density at radius 3 is 2.21 bits per heavy atom. The third-order valence-corrected chi connectivity index (χ3v) is 9.01. The van der Waals surface area contributed by atoms with Gasteiger partial charge in [-0.3, -0.25) is 9.13 Å². The number of imidazole rings is 1. The molecule has 9 rings (SSSR count). The van der Waals surface area contributed by atoms with Gasteiger partial charge in [0, 0.05) is 50.1 Å². The number of fused-ring (bicyclic) bond motifs is 6. The minimum absolute atomic E-state index is 0.929. The van der Waals surface area contributed by atoms with Crippen LogP contribution < -0.4 is 0 Å². The van der Waals surface area contributed by atoms with E-state index in [0.29, 0.717) is 0 Å². The number of hydrogen-bond donors (Lipinski definition) is 0. The first kappa shape index (κ1) is 24.1. The quantitative estimate of drug-likeness (QED) is 0.212. The monoisotopic (exact) mass is 568 g/mol. The number of para-hydroxylation sites is 3. The van der Waals surface area contributed by atoms with Crippen LogP contribution in [-0.2, 0) is 0 Å². The summed E-state index contributed by atoms with van der Waals surface area (Å²) in [7, 11) is 0. The van der Waals surface area contributed by atoms with Crippen LogP contribution in [0.1, 0.15) is 0 Å². The number of nitrogens with zero attached hydrogens (tertiary/aromatic N) is 4. The molecule has 0 spiro atoms. The molecule has 5 heteroatoms. The van der Waals surface area contributed by atoms with Gasteiger partial charge in [0.1, 0.15) is 11.5 Å². The molecule has 0 unspecified atom stereocenters. The Kier molecular flexibility index (Phi) is 5.33. The Hall–Kier alpha value is -5.52.